The summed E-state index contributed by atoms with van der Waals surface area (Å²) in [6, 6.07) is 69.3. The Morgan fingerprint density at radius 2 is 0.563 bits per heavy atom. The molecule has 8 aromatic heterocycles. The zero-order valence-corrected chi connectivity index (χ0v) is 74.7. The highest BCUT2D eigenvalue weighted by atomic mass is 16.5. The predicted molar refractivity (Wildman–Crippen MR) is 520 cm³/mol. The Labute approximate surface area is 778 Å². The normalized spacial score (nSPS) is 16.0. The number of benzene rings is 8. The molecule has 8 aromatic carbocycles. The molecule has 4 amide bonds. The molecular weight excluding hydrogens is 1700 g/mol. The predicted octanol–water partition coefficient (Wildman–Crippen LogP) is 16.4. The van der Waals surface area contributed by atoms with Crippen LogP contribution in [-0.2, 0) is 19.2 Å². The van der Waals surface area contributed by atoms with Gasteiger partial charge in [-0.25, -0.2) is 58.6 Å². The van der Waals surface area contributed by atoms with Crippen LogP contribution in [0.4, 0.5) is 23.3 Å². The molecule has 8 N–H and O–H groups in total. The van der Waals surface area contributed by atoms with Crippen molar-refractivity contribution in [1.82, 2.24) is 103 Å². The fourth-order valence-electron chi connectivity index (χ4n) is 17.1. The van der Waals surface area contributed by atoms with Gasteiger partial charge in [0, 0.05) is 87.2 Å². The molecule has 0 spiro atoms. The van der Waals surface area contributed by atoms with Crippen LogP contribution in [0.25, 0.3) is 89.2 Å². The molecule has 4 unspecified atom stereocenters. The molecule has 20 rings (SSSR count). The molecular formula is C102H101N25O8. The highest BCUT2D eigenvalue weighted by molar-refractivity contribution is 6.02. The van der Waals surface area contributed by atoms with E-state index in [2.05, 4.69) is 59.6 Å². The topological polar surface area (TPSA) is 400 Å². The molecule has 4 atom stereocenters. The van der Waals surface area contributed by atoms with Gasteiger partial charge >= 0.3 is 0 Å². The smallest absolute Gasteiger partial charge is 0.246 e. The number of nitrogens with zero attached hydrogens (tertiary/aromatic N) is 21. The lowest BCUT2D eigenvalue weighted by Gasteiger charge is -2.32. The summed E-state index contributed by atoms with van der Waals surface area (Å²) < 4.78 is 31.2. The summed E-state index contributed by atoms with van der Waals surface area (Å²) in [5.74, 6) is 7.30. The van der Waals surface area contributed by atoms with Crippen molar-refractivity contribution in [2.45, 2.75) is 69.1 Å². The minimum Gasteiger partial charge on any atom is -0.457 e. The summed E-state index contributed by atoms with van der Waals surface area (Å²) >= 11 is 0. The van der Waals surface area contributed by atoms with Crippen molar-refractivity contribution in [3.8, 4) is 91.0 Å². The number of rotatable bonds is 22. The first-order valence-corrected chi connectivity index (χ1v) is 44.5. The molecule has 0 saturated carbocycles. The molecule has 33 heteroatoms. The number of hydrogen-bond acceptors (Lipinski definition) is 25. The maximum atomic E-state index is 12.8. The minimum atomic E-state index is -0.0765. The van der Waals surface area contributed by atoms with E-state index >= 15 is 0 Å². The molecule has 12 heterocycles. The zero-order chi connectivity index (χ0) is 93.4. The second-order valence-corrected chi connectivity index (χ2v) is 33.0. The Bertz CT molecular complexity index is 6740. The van der Waals surface area contributed by atoms with Gasteiger partial charge in [-0.2, -0.15) is 20.4 Å². The van der Waals surface area contributed by atoms with E-state index in [1.54, 1.807) is 20.8 Å². The van der Waals surface area contributed by atoms with Gasteiger partial charge < -0.3 is 66.4 Å². The number of fused-ring (bicyclic) bond motifs is 4. The number of hydrogen-bond donors (Lipinski definition) is 4. The molecule has 135 heavy (non-hydrogen) atoms. The van der Waals surface area contributed by atoms with Crippen molar-refractivity contribution in [2.75, 3.05) is 95.9 Å². The first-order valence-electron chi connectivity index (χ1n) is 44.5. The Kier molecular flexibility index (Phi) is 27.7. The molecule has 0 aliphatic carbocycles. The van der Waals surface area contributed by atoms with E-state index in [0.717, 1.165) is 126 Å². The van der Waals surface area contributed by atoms with Crippen LogP contribution in [0.3, 0.4) is 0 Å². The molecule has 0 bridgehead atoms. The van der Waals surface area contributed by atoms with Crippen LogP contribution in [0.2, 0.25) is 0 Å². The number of nitrogen functional groups attached to an aromatic ring is 4. The minimum absolute atomic E-state index is 0.00476. The number of anilines is 4. The molecule has 682 valence electrons. The van der Waals surface area contributed by atoms with Crippen molar-refractivity contribution in [3.05, 3.63) is 294 Å². The summed E-state index contributed by atoms with van der Waals surface area (Å²) in [6.45, 7) is 16.6. The number of likely N-dealkylation sites (tertiary alicyclic amines) is 4. The van der Waals surface area contributed by atoms with E-state index in [1.807, 2.05) is 267 Å². The maximum absolute atomic E-state index is 12.8. The third-order valence-electron chi connectivity index (χ3n) is 23.7. The monoisotopic (exact) mass is 1800 g/mol. The highest BCUT2D eigenvalue weighted by Crippen LogP contribution is 2.42. The third-order valence-corrected chi connectivity index (χ3v) is 23.7. The first-order chi connectivity index (χ1) is 65.9. The van der Waals surface area contributed by atoms with E-state index in [-0.39, 0.29) is 47.8 Å². The zero-order valence-electron chi connectivity index (χ0n) is 74.7. The summed E-state index contributed by atoms with van der Waals surface area (Å²) in [5.41, 5.74) is 34.1. The lowest BCUT2D eigenvalue weighted by molar-refractivity contribution is -0.128. The van der Waals surface area contributed by atoms with Crippen molar-refractivity contribution in [3.63, 3.8) is 0 Å². The second kappa shape index (κ2) is 41.5. The molecule has 0 radical (unpaired) electrons. The Morgan fingerprint density at radius 3 is 0.815 bits per heavy atom. The van der Waals surface area contributed by atoms with Crippen molar-refractivity contribution >= 4 is 91.0 Å². The highest BCUT2D eigenvalue weighted by Gasteiger charge is 2.34. The van der Waals surface area contributed by atoms with Crippen LogP contribution in [0.5, 0.6) is 46.0 Å². The van der Waals surface area contributed by atoms with Crippen LogP contribution in [0.1, 0.15) is 69.1 Å². The van der Waals surface area contributed by atoms with Crippen molar-refractivity contribution in [1.29, 1.82) is 0 Å². The average molecular weight is 1810 g/mol. The summed E-state index contributed by atoms with van der Waals surface area (Å²) in [5, 5.41) is 22.5. The average Bonchev–Trinajstić information content (AvgIpc) is 1.62. The van der Waals surface area contributed by atoms with Gasteiger partial charge in [-0.05, 0) is 223 Å². The van der Waals surface area contributed by atoms with E-state index < -0.39 is 0 Å². The number of carbonyl (C=O) groups excluding carboxylic acids is 4. The SMILES string of the molecule is C=CC(=O)N1CCC(n2nc(-c3ccc(Oc4ccccc4)cc3)c3c(N)ncnc32)C1.C=CC(=O)N1CCCC(n2nc(-c3ccc(Oc4ccccc4)cc3)c3c(N)ncnc32)C1.C=CC(=O)N1CCCC(n2nc(-c3ccc(Oc4ccccc4)cc3)c3c(N)ncnc32)C1.CN(C)C/C=C/C(=O)N1CCCC(n2nc(-c3ccc(Oc4ccccc4)cc3)c3c(N)ncnc32)C1. The van der Waals surface area contributed by atoms with Gasteiger partial charge in [0.05, 0.1) is 45.7 Å². The van der Waals surface area contributed by atoms with Crippen LogP contribution in [-0.4, -0.2) is 200 Å². The quantitative estimate of drug-likeness (QED) is 0.0458. The van der Waals surface area contributed by atoms with E-state index in [4.69, 9.17) is 62.3 Å². The molecule has 16 aromatic rings. The number of ether oxygens (including phenoxy) is 4. The van der Waals surface area contributed by atoms with Crippen LogP contribution >= 0.6 is 0 Å². The second-order valence-electron chi connectivity index (χ2n) is 33.0. The van der Waals surface area contributed by atoms with E-state index in [0.29, 0.717) is 136 Å². The molecule has 33 nitrogen and oxygen atoms in total. The first kappa shape index (κ1) is 90.1. The summed E-state index contributed by atoms with van der Waals surface area (Å²) in [4.78, 5) is 93.2. The largest absolute Gasteiger partial charge is 0.457 e. The van der Waals surface area contributed by atoms with Crippen LogP contribution in [0, 0.1) is 0 Å². The number of para-hydroxylation sites is 4. The van der Waals surface area contributed by atoms with Gasteiger partial charge in [0.25, 0.3) is 0 Å². The number of aromatic nitrogens is 16. The standard InChI is InChI=1S/C28H31N7O2.2C25H24N6O2.C24H22N6O2/c1-33(2)16-7-11-24(36)34-17-6-8-21(18-34)35-28-25(27(29)30-19-31-28)26(32-35)20-12-14-23(15-13-20)37-22-9-4-3-5-10-22;2*1-2-21(32)30-14-6-7-18(15-30)31-25-22(24(26)27-16-28-25)23(29-31)17-10-12-20(13-11-17)33-19-8-4-3-5-9-19;1-2-20(31)29-13-12-17(14-29)30-24-21(23(25)26-15-27-24)22(28-30)16-8-10-19(11-9-16)32-18-6-4-3-5-7-18/h3-5,7,9-15,19,21H,6,8,16-18H2,1-2H3,(H2,29,30,31);2*2-5,8-13,16,18H,1,6-7,14-15H2,(H2,26,27,28);2-11,15,17H,1,12-14H2,(H2,25,26,27)/b11-7+;;;. The van der Waals surface area contributed by atoms with Gasteiger partial charge in [-0.1, -0.05) is 98.6 Å². The Morgan fingerprint density at radius 1 is 0.326 bits per heavy atom. The molecule has 4 aliphatic heterocycles. The fraction of sp³-hybridized carbons (Fsp3) is 0.216. The number of carbonyl (C=O) groups is 4. The van der Waals surface area contributed by atoms with Crippen molar-refractivity contribution in [2.24, 2.45) is 0 Å². The van der Waals surface area contributed by atoms with Gasteiger partial charge in [-0.3, -0.25) is 19.2 Å². The summed E-state index contributed by atoms with van der Waals surface area (Å²) in [7, 11) is 3.95. The van der Waals surface area contributed by atoms with Crippen LogP contribution < -0.4 is 41.9 Å². The third kappa shape index (κ3) is 20.7. The lowest BCUT2D eigenvalue weighted by atomic mass is 10.1. The van der Waals surface area contributed by atoms with Gasteiger partial charge in [-0.15, -0.1) is 0 Å². The Balaban J connectivity index is 0.000000125. The number of likely N-dealkylation sites (N-methyl/N-ethyl adjacent to an activating group) is 1. The molecule has 4 saturated heterocycles. The molecule has 4 aliphatic rings. The van der Waals surface area contributed by atoms with Crippen molar-refractivity contribution < 1.29 is 38.1 Å². The Hall–Kier alpha value is -16.8. The fourth-order valence-corrected chi connectivity index (χ4v) is 17.1. The number of piperidine rings is 3. The van der Waals surface area contributed by atoms with E-state index in [9.17, 15) is 19.2 Å². The van der Waals surface area contributed by atoms with Gasteiger partial charge in [0.15, 0.2) is 22.6 Å². The lowest BCUT2D eigenvalue weighted by Crippen LogP contribution is -2.40. The van der Waals surface area contributed by atoms with Gasteiger partial charge in [0.1, 0.15) is 117 Å². The number of nitrogens with two attached hydrogens (primary N) is 4. The van der Waals surface area contributed by atoms with Gasteiger partial charge in [0.2, 0.25) is 23.6 Å². The number of amides is 4. The van der Waals surface area contributed by atoms with Crippen LogP contribution in [0.15, 0.2) is 294 Å². The summed E-state index contributed by atoms with van der Waals surface area (Å²) in [6.07, 6.45) is 19.5. The van der Waals surface area contributed by atoms with E-state index in [1.165, 1.54) is 43.5 Å². The maximum Gasteiger partial charge on any atom is 0.246 e. The molecule has 4 fully saturated rings.